The van der Waals surface area contributed by atoms with Crippen molar-refractivity contribution in [2.45, 2.75) is 39.5 Å². The molecule has 0 radical (unpaired) electrons. The zero-order valence-electron chi connectivity index (χ0n) is 14.4. The molecule has 1 saturated heterocycles. The van der Waals surface area contributed by atoms with E-state index >= 15 is 0 Å². The van der Waals surface area contributed by atoms with Gasteiger partial charge < -0.3 is 10.2 Å². The fourth-order valence-corrected chi connectivity index (χ4v) is 2.98. The summed E-state index contributed by atoms with van der Waals surface area (Å²) in [5.41, 5.74) is 3.09. The van der Waals surface area contributed by atoms with Crippen LogP contribution in [0.25, 0.3) is 0 Å². The highest BCUT2D eigenvalue weighted by Gasteiger charge is 2.17. The van der Waals surface area contributed by atoms with E-state index in [0.717, 1.165) is 42.9 Å². The van der Waals surface area contributed by atoms with Crippen LogP contribution in [-0.4, -0.2) is 29.0 Å². The van der Waals surface area contributed by atoms with Gasteiger partial charge in [-0.15, -0.1) is 0 Å². The van der Waals surface area contributed by atoms with Gasteiger partial charge in [-0.05, 0) is 44.4 Å². The summed E-state index contributed by atoms with van der Waals surface area (Å²) in [6, 6.07) is 9.49. The molecule has 1 amide bonds. The highest BCUT2D eigenvalue weighted by molar-refractivity contribution is 6.03. The summed E-state index contributed by atoms with van der Waals surface area (Å²) in [4.78, 5) is 23.9. The Hall–Kier alpha value is -2.43. The maximum atomic E-state index is 12.6. The van der Waals surface area contributed by atoms with Crippen molar-refractivity contribution in [2.75, 3.05) is 23.3 Å². The number of nitrogens with zero attached hydrogens (tertiary/aromatic N) is 3. The quantitative estimate of drug-likeness (QED) is 0.934. The summed E-state index contributed by atoms with van der Waals surface area (Å²) in [5.74, 6) is 0.484. The number of para-hydroxylation sites is 1. The summed E-state index contributed by atoms with van der Waals surface area (Å²) in [6.45, 7) is 5.81. The molecular weight excluding hydrogens is 300 g/mol. The first-order valence-electron chi connectivity index (χ1n) is 8.61. The van der Waals surface area contributed by atoms with Gasteiger partial charge in [-0.1, -0.05) is 31.0 Å². The van der Waals surface area contributed by atoms with E-state index in [4.69, 9.17) is 0 Å². The molecule has 1 aromatic carbocycles. The first-order valence-corrected chi connectivity index (χ1v) is 8.61. The maximum absolute atomic E-state index is 12.6. The van der Waals surface area contributed by atoms with Crippen LogP contribution in [0.3, 0.4) is 0 Å². The second-order valence-electron chi connectivity index (χ2n) is 6.36. The molecule has 0 unspecified atom stereocenters. The minimum Gasteiger partial charge on any atom is -0.341 e. The van der Waals surface area contributed by atoms with Crippen LogP contribution in [0.5, 0.6) is 0 Å². The van der Waals surface area contributed by atoms with Gasteiger partial charge in [-0.25, -0.2) is 9.97 Å². The zero-order chi connectivity index (χ0) is 16.9. The molecule has 0 atom stereocenters. The summed E-state index contributed by atoms with van der Waals surface area (Å²) >= 11 is 0. The normalized spacial score (nSPS) is 15.0. The van der Waals surface area contributed by atoms with Gasteiger partial charge in [0.05, 0.1) is 0 Å². The molecular formula is C19H24N4O. The van der Waals surface area contributed by atoms with Gasteiger partial charge >= 0.3 is 0 Å². The Balaban J connectivity index is 1.82. The van der Waals surface area contributed by atoms with E-state index in [1.165, 1.54) is 12.8 Å². The Morgan fingerprint density at radius 1 is 1.04 bits per heavy atom. The lowest BCUT2D eigenvalue weighted by atomic mass is 10.2. The van der Waals surface area contributed by atoms with Crippen molar-refractivity contribution < 1.29 is 4.79 Å². The molecule has 3 rings (SSSR count). The zero-order valence-corrected chi connectivity index (χ0v) is 14.4. The number of carbonyl (C=O) groups excluding carboxylic acids is 1. The molecule has 24 heavy (non-hydrogen) atoms. The predicted octanol–water partition coefficient (Wildman–Crippen LogP) is 3.73. The monoisotopic (exact) mass is 324 g/mol. The lowest BCUT2D eigenvalue weighted by Gasteiger charge is -2.21. The molecule has 0 saturated carbocycles. The van der Waals surface area contributed by atoms with Gasteiger partial charge in [0.15, 0.2) is 0 Å². The van der Waals surface area contributed by atoms with E-state index in [9.17, 15) is 4.79 Å². The minimum absolute atomic E-state index is 0.189. The third-order valence-corrected chi connectivity index (χ3v) is 4.36. The highest BCUT2D eigenvalue weighted by Crippen LogP contribution is 2.18. The number of anilines is 2. The standard InChI is InChI=1S/C19H24N4O/c1-14-9-5-6-10-16(14)21-18(24)17-13-15(2)20-19(22-17)23-11-7-3-4-8-12-23/h5-6,9-10,13H,3-4,7-8,11-12H2,1-2H3,(H,21,24). The number of carbonyl (C=O) groups is 1. The number of rotatable bonds is 3. The average Bonchev–Trinajstić information content (AvgIpc) is 2.85. The summed E-state index contributed by atoms with van der Waals surface area (Å²) < 4.78 is 0. The average molecular weight is 324 g/mol. The van der Waals surface area contributed by atoms with E-state index in [1.807, 2.05) is 38.1 Å². The first kappa shape index (κ1) is 16.4. The van der Waals surface area contributed by atoms with Crippen molar-refractivity contribution in [1.82, 2.24) is 9.97 Å². The molecule has 2 aromatic rings. The van der Waals surface area contributed by atoms with Gasteiger partial charge in [0.2, 0.25) is 5.95 Å². The molecule has 1 aliphatic heterocycles. The van der Waals surface area contributed by atoms with Crippen molar-refractivity contribution in [3.8, 4) is 0 Å². The number of hydrogen-bond acceptors (Lipinski definition) is 4. The third kappa shape index (κ3) is 3.91. The molecule has 0 spiro atoms. The fourth-order valence-electron chi connectivity index (χ4n) is 2.98. The summed E-state index contributed by atoms with van der Waals surface area (Å²) in [6.07, 6.45) is 4.82. The first-order chi connectivity index (χ1) is 11.6. The molecule has 5 nitrogen and oxygen atoms in total. The van der Waals surface area contributed by atoms with Crippen LogP contribution >= 0.6 is 0 Å². The third-order valence-electron chi connectivity index (χ3n) is 4.36. The highest BCUT2D eigenvalue weighted by atomic mass is 16.1. The van der Waals surface area contributed by atoms with Crippen LogP contribution in [-0.2, 0) is 0 Å². The Kier molecular flexibility index (Phi) is 5.08. The maximum Gasteiger partial charge on any atom is 0.274 e. The van der Waals surface area contributed by atoms with Crippen molar-refractivity contribution >= 4 is 17.5 Å². The lowest BCUT2D eigenvalue weighted by molar-refractivity contribution is 0.102. The van der Waals surface area contributed by atoms with Crippen LogP contribution in [0.15, 0.2) is 30.3 Å². The van der Waals surface area contributed by atoms with Crippen LogP contribution in [0.4, 0.5) is 11.6 Å². The van der Waals surface area contributed by atoms with Crippen LogP contribution in [0.1, 0.15) is 47.4 Å². The molecule has 1 fully saturated rings. The summed E-state index contributed by atoms with van der Waals surface area (Å²) in [5, 5.41) is 2.95. The summed E-state index contributed by atoms with van der Waals surface area (Å²) in [7, 11) is 0. The van der Waals surface area contributed by atoms with E-state index in [-0.39, 0.29) is 5.91 Å². The van der Waals surface area contributed by atoms with Crippen LogP contribution < -0.4 is 10.2 Å². The van der Waals surface area contributed by atoms with E-state index in [2.05, 4.69) is 20.2 Å². The largest absolute Gasteiger partial charge is 0.341 e. The molecule has 5 heteroatoms. The van der Waals surface area contributed by atoms with Crippen molar-refractivity contribution in [3.05, 3.63) is 47.3 Å². The number of aromatic nitrogens is 2. The Morgan fingerprint density at radius 2 is 1.75 bits per heavy atom. The van der Waals surface area contributed by atoms with Crippen molar-refractivity contribution in [2.24, 2.45) is 0 Å². The van der Waals surface area contributed by atoms with Gasteiger partial charge in [0.25, 0.3) is 5.91 Å². The molecule has 126 valence electrons. The molecule has 1 N–H and O–H groups in total. The van der Waals surface area contributed by atoms with E-state index in [1.54, 1.807) is 6.07 Å². The second kappa shape index (κ2) is 7.43. The van der Waals surface area contributed by atoms with Gasteiger partial charge in [0, 0.05) is 24.5 Å². The van der Waals surface area contributed by atoms with Gasteiger partial charge in [-0.2, -0.15) is 0 Å². The molecule has 0 bridgehead atoms. The van der Waals surface area contributed by atoms with Gasteiger partial charge in [-0.3, -0.25) is 4.79 Å². The lowest BCUT2D eigenvalue weighted by Crippen LogP contribution is -2.27. The number of benzene rings is 1. The smallest absolute Gasteiger partial charge is 0.274 e. The number of amides is 1. The second-order valence-corrected chi connectivity index (χ2v) is 6.36. The van der Waals surface area contributed by atoms with E-state index in [0.29, 0.717) is 11.6 Å². The Morgan fingerprint density at radius 3 is 2.46 bits per heavy atom. The molecule has 0 aliphatic carbocycles. The van der Waals surface area contributed by atoms with Crippen LogP contribution in [0.2, 0.25) is 0 Å². The number of hydrogen-bond donors (Lipinski definition) is 1. The van der Waals surface area contributed by atoms with Crippen molar-refractivity contribution in [1.29, 1.82) is 0 Å². The van der Waals surface area contributed by atoms with Gasteiger partial charge in [0.1, 0.15) is 5.69 Å². The van der Waals surface area contributed by atoms with Crippen molar-refractivity contribution in [3.63, 3.8) is 0 Å². The fraction of sp³-hybridized carbons (Fsp3) is 0.421. The molecule has 2 heterocycles. The molecule has 1 aliphatic rings. The Bertz CT molecular complexity index is 721. The SMILES string of the molecule is Cc1cc(C(=O)Nc2ccccc2C)nc(N2CCCCCC2)n1. The minimum atomic E-state index is -0.189. The number of nitrogens with one attached hydrogen (secondary N) is 1. The Labute approximate surface area is 143 Å². The molecule has 1 aromatic heterocycles. The topological polar surface area (TPSA) is 58.1 Å². The predicted molar refractivity (Wildman–Crippen MR) is 96.6 cm³/mol. The number of aryl methyl sites for hydroxylation is 2. The van der Waals surface area contributed by atoms with Crippen LogP contribution in [0, 0.1) is 13.8 Å². The van der Waals surface area contributed by atoms with E-state index < -0.39 is 0 Å².